The summed E-state index contributed by atoms with van der Waals surface area (Å²) in [6.07, 6.45) is 2.05. The van der Waals surface area contributed by atoms with Crippen molar-refractivity contribution in [2.75, 3.05) is 45.9 Å². The fourth-order valence-corrected chi connectivity index (χ4v) is 5.40. The smallest absolute Gasteiger partial charge is 0.251 e. The van der Waals surface area contributed by atoms with Crippen LogP contribution >= 0.6 is 0 Å². The lowest BCUT2D eigenvalue weighted by Crippen LogP contribution is -2.42. The number of benzene rings is 3. The minimum Gasteiger partial charge on any atom is -0.507 e. The van der Waals surface area contributed by atoms with Gasteiger partial charge >= 0.3 is 0 Å². The standard InChI is InChI=1S/C33H38N4O5/c38-29-12-11-24-13-15-34-31(39)10-4-16-37(32(40)23-36-18-19-42-30-9-2-1-6-27(30)22-36)17-5-14-35-33(41)26-8-3-7-25(21-26)28(29)20-24/h1-3,6-9,11-12,20-21,38H,4-5,10,13-19,22-23H2,(H,34,39)(H,35,41). The molecule has 2 heterocycles. The Kier molecular flexibility index (Phi) is 9.71. The van der Waals surface area contributed by atoms with Gasteiger partial charge in [-0.3, -0.25) is 19.3 Å². The Morgan fingerprint density at radius 1 is 0.857 bits per heavy atom. The Morgan fingerprint density at radius 3 is 2.60 bits per heavy atom. The van der Waals surface area contributed by atoms with Crippen molar-refractivity contribution in [3.8, 4) is 22.6 Å². The Balaban J connectivity index is 1.27. The zero-order valence-electron chi connectivity index (χ0n) is 23.8. The molecule has 0 unspecified atom stereocenters. The fraction of sp³-hybridized carbons (Fsp3) is 0.364. The molecule has 0 fully saturated rings. The average molecular weight is 571 g/mol. The molecule has 0 saturated heterocycles. The highest BCUT2D eigenvalue weighted by Gasteiger charge is 2.21. The first-order chi connectivity index (χ1) is 20.5. The van der Waals surface area contributed by atoms with E-state index >= 15 is 0 Å². The summed E-state index contributed by atoms with van der Waals surface area (Å²) in [6.45, 7) is 3.85. The number of carbonyl (C=O) groups excluding carboxylic acids is 3. The van der Waals surface area contributed by atoms with E-state index < -0.39 is 0 Å². The van der Waals surface area contributed by atoms with Crippen molar-refractivity contribution in [2.24, 2.45) is 0 Å². The molecule has 2 aliphatic rings. The van der Waals surface area contributed by atoms with E-state index in [2.05, 4.69) is 15.5 Å². The van der Waals surface area contributed by atoms with E-state index in [4.69, 9.17) is 4.74 Å². The molecule has 2 aliphatic heterocycles. The quantitative estimate of drug-likeness (QED) is 0.436. The SMILES string of the molecule is O=C1CCCN(C(=O)CN2CCOc3ccccc3C2)CCCNC(=O)c2cccc(c2)-c2cc(ccc2O)CCN1. The van der Waals surface area contributed by atoms with E-state index in [9.17, 15) is 19.5 Å². The van der Waals surface area contributed by atoms with Crippen molar-refractivity contribution in [3.63, 3.8) is 0 Å². The second-order valence-corrected chi connectivity index (χ2v) is 10.8. The molecule has 0 spiro atoms. The van der Waals surface area contributed by atoms with Crippen LogP contribution in [-0.4, -0.2) is 78.5 Å². The first kappa shape index (κ1) is 29.1. The fourth-order valence-electron chi connectivity index (χ4n) is 5.40. The normalized spacial score (nSPS) is 17.3. The van der Waals surface area contributed by atoms with E-state index in [0.29, 0.717) is 82.7 Å². The highest BCUT2D eigenvalue weighted by atomic mass is 16.5. The van der Waals surface area contributed by atoms with Gasteiger partial charge in [-0.2, -0.15) is 0 Å². The lowest BCUT2D eigenvalue weighted by molar-refractivity contribution is -0.133. The lowest BCUT2D eigenvalue weighted by Gasteiger charge is -2.27. The molecule has 0 radical (unpaired) electrons. The second kappa shape index (κ2) is 14.0. The number of rotatable bonds is 2. The molecule has 3 aromatic carbocycles. The van der Waals surface area contributed by atoms with Crippen LogP contribution in [0, 0.1) is 0 Å². The molecule has 0 aromatic heterocycles. The third-order valence-electron chi connectivity index (χ3n) is 7.70. The predicted molar refractivity (Wildman–Crippen MR) is 160 cm³/mol. The largest absolute Gasteiger partial charge is 0.507 e. The van der Waals surface area contributed by atoms with Gasteiger partial charge in [0.2, 0.25) is 11.8 Å². The van der Waals surface area contributed by atoms with Crippen LogP contribution in [0.15, 0.2) is 66.7 Å². The zero-order chi connectivity index (χ0) is 29.3. The maximum Gasteiger partial charge on any atom is 0.251 e. The Hall–Kier alpha value is -4.37. The van der Waals surface area contributed by atoms with E-state index in [1.165, 1.54) is 0 Å². The molecule has 0 aliphatic carbocycles. The summed E-state index contributed by atoms with van der Waals surface area (Å²) < 4.78 is 5.86. The number of amides is 3. The molecule has 9 nitrogen and oxygen atoms in total. The molecule has 3 amide bonds. The van der Waals surface area contributed by atoms with Crippen molar-refractivity contribution >= 4 is 17.7 Å². The maximum atomic E-state index is 13.5. The van der Waals surface area contributed by atoms with Crippen molar-refractivity contribution < 1.29 is 24.2 Å². The summed E-state index contributed by atoms with van der Waals surface area (Å²) in [5.74, 6) is 0.727. The first-order valence-electron chi connectivity index (χ1n) is 14.6. The van der Waals surface area contributed by atoms with Crippen LogP contribution in [-0.2, 0) is 22.6 Å². The monoisotopic (exact) mass is 570 g/mol. The van der Waals surface area contributed by atoms with Crippen molar-refractivity contribution in [1.29, 1.82) is 0 Å². The Labute approximate surface area is 246 Å². The van der Waals surface area contributed by atoms with E-state index in [1.54, 1.807) is 29.2 Å². The number of nitrogens with zero attached hydrogens (tertiary/aromatic N) is 2. The third kappa shape index (κ3) is 7.67. The van der Waals surface area contributed by atoms with Gasteiger partial charge in [-0.1, -0.05) is 36.4 Å². The molecule has 0 atom stereocenters. The minimum absolute atomic E-state index is 0.00112. The third-order valence-corrected chi connectivity index (χ3v) is 7.70. The number of aromatic hydroxyl groups is 1. The van der Waals surface area contributed by atoms with Gasteiger partial charge in [-0.25, -0.2) is 0 Å². The van der Waals surface area contributed by atoms with Crippen molar-refractivity contribution in [3.05, 3.63) is 83.4 Å². The predicted octanol–water partition coefficient (Wildman–Crippen LogP) is 3.35. The molecular formula is C33H38N4O5. The minimum atomic E-state index is -0.207. The van der Waals surface area contributed by atoms with Crippen LogP contribution in [0.25, 0.3) is 11.1 Å². The molecule has 220 valence electrons. The van der Waals surface area contributed by atoms with Crippen molar-refractivity contribution in [2.45, 2.75) is 32.2 Å². The molecule has 5 rings (SSSR count). The molecule has 0 saturated carbocycles. The summed E-state index contributed by atoms with van der Waals surface area (Å²) in [5.41, 5.74) is 3.90. The number of nitrogens with one attached hydrogen (secondary N) is 2. The average Bonchev–Trinajstić information content (AvgIpc) is 3.20. The maximum absolute atomic E-state index is 13.5. The number of hydrogen-bond donors (Lipinski definition) is 3. The number of fused-ring (bicyclic) bond motifs is 6. The number of ether oxygens (including phenoxy) is 1. The Morgan fingerprint density at radius 2 is 1.69 bits per heavy atom. The molecule has 42 heavy (non-hydrogen) atoms. The van der Waals surface area contributed by atoms with E-state index in [-0.39, 0.29) is 30.0 Å². The Bertz CT molecular complexity index is 1430. The van der Waals surface area contributed by atoms with Gasteiger partial charge in [-0.15, -0.1) is 0 Å². The van der Waals surface area contributed by atoms with Crippen LogP contribution in [0.4, 0.5) is 0 Å². The van der Waals surface area contributed by atoms with Gasteiger partial charge < -0.3 is 25.4 Å². The van der Waals surface area contributed by atoms with E-state index in [1.807, 2.05) is 42.5 Å². The first-order valence-corrected chi connectivity index (χ1v) is 14.6. The molecular weight excluding hydrogens is 532 g/mol. The van der Waals surface area contributed by atoms with Crippen LogP contribution in [0.1, 0.15) is 40.7 Å². The summed E-state index contributed by atoms with van der Waals surface area (Å²) in [4.78, 5) is 42.9. The number of para-hydroxylation sites is 1. The van der Waals surface area contributed by atoms with Gasteiger partial charge in [0.15, 0.2) is 0 Å². The number of phenolic OH excluding ortho intramolecular Hbond substituents is 1. The molecule has 3 aromatic rings. The topological polar surface area (TPSA) is 111 Å². The zero-order valence-corrected chi connectivity index (χ0v) is 23.8. The molecule has 4 bridgehead atoms. The lowest BCUT2D eigenvalue weighted by atomic mass is 9.98. The highest BCUT2D eigenvalue weighted by molar-refractivity contribution is 5.95. The van der Waals surface area contributed by atoms with Crippen LogP contribution in [0.3, 0.4) is 0 Å². The van der Waals surface area contributed by atoms with E-state index in [0.717, 1.165) is 22.4 Å². The molecule has 9 heteroatoms. The van der Waals surface area contributed by atoms with Gasteiger partial charge in [0.1, 0.15) is 18.1 Å². The van der Waals surface area contributed by atoms with Gasteiger partial charge in [0, 0.05) is 62.4 Å². The summed E-state index contributed by atoms with van der Waals surface area (Å²) >= 11 is 0. The second-order valence-electron chi connectivity index (χ2n) is 10.8. The van der Waals surface area contributed by atoms with Crippen LogP contribution < -0.4 is 15.4 Å². The summed E-state index contributed by atoms with van der Waals surface area (Å²) in [6, 6.07) is 20.4. The summed E-state index contributed by atoms with van der Waals surface area (Å²) in [5, 5.41) is 16.4. The number of carbonyl (C=O) groups is 3. The summed E-state index contributed by atoms with van der Waals surface area (Å²) in [7, 11) is 0. The van der Waals surface area contributed by atoms with Gasteiger partial charge in [-0.05, 0) is 60.7 Å². The van der Waals surface area contributed by atoms with Crippen molar-refractivity contribution in [1.82, 2.24) is 20.4 Å². The van der Waals surface area contributed by atoms with Crippen LogP contribution in [0.5, 0.6) is 11.5 Å². The number of phenols is 1. The van der Waals surface area contributed by atoms with Crippen LogP contribution in [0.2, 0.25) is 0 Å². The highest BCUT2D eigenvalue weighted by Crippen LogP contribution is 2.31. The molecule has 3 N–H and O–H groups in total. The van der Waals surface area contributed by atoms with Gasteiger partial charge in [0.05, 0.1) is 6.54 Å². The van der Waals surface area contributed by atoms with Gasteiger partial charge in [0.25, 0.3) is 5.91 Å². The number of hydrogen-bond acceptors (Lipinski definition) is 6.